The van der Waals surface area contributed by atoms with Crippen molar-refractivity contribution in [3.63, 3.8) is 0 Å². The van der Waals surface area contributed by atoms with Gasteiger partial charge in [-0.3, -0.25) is 14.5 Å². The van der Waals surface area contributed by atoms with Gasteiger partial charge in [0.1, 0.15) is 0 Å². The highest BCUT2D eigenvalue weighted by molar-refractivity contribution is 5.98. The third kappa shape index (κ3) is 3.20. The maximum absolute atomic E-state index is 12.2. The van der Waals surface area contributed by atoms with Gasteiger partial charge in [-0.15, -0.1) is 0 Å². The topological polar surface area (TPSA) is 49.4 Å². The standard InChI is InChI=1S/C15H20N2O2/c1-11-5-3-6-12(9-11)14(18)10-17-8-4-7-13(17)15(19)16-2/h3,5-6,9,13H,4,7-8,10H2,1-2H3,(H,16,19). The molecule has 1 aliphatic rings. The molecular weight excluding hydrogens is 240 g/mol. The van der Waals surface area contributed by atoms with E-state index in [4.69, 9.17) is 0 Å². The van der Waals surface area contributed by atoms with Crippen LogP contribution in [-0.2, 0) is 4.79 Å². The summed E-state index contributed by atoms with van der Waals surface area (Å²) in [5, 5.41) is 2.67. The van der Waals surface area contributed by atoms with Crippen LogP contribution in [0.3, 0.4) is 0 Å². The fourth-order valence-electron chi connectivity index (χ4n) is 2.57. The fraction of sp³-hybridized carbons (Fsp3) is 0.467. The summed E-state index contributed by atoms with van der Waals surface area (Å²) in [5.74, 6) is 0.0917. The molecule has 1 N–H and O–H groups in total. The Morgan fingerprint density at radius 1 is 1.42 bits per heavy atom. The Labute approximate surface area is 113 Å². The number of benzene rings is 1. The van der Waals surface area contributed by atoms with Gasteiger partial charge >= 0.3 is 0 Å². The molecule has 1 saturated heterocycles. The zero-order valence-electron chi connectivity index (χ0n) is 11.5. The molecule has 0 saturated carbocycles. The van der Waals surface area contributed by atoms with Crippen LogP contribution in [-0.4, -0.2) is 42.8 Å². The molecule has 1 aromatic carbocycles. The number of carbonyl (C=O) groups is 2. The van der Waals surface area contributed by atoms with Crippen LogP contribution in [0.1, 0.15) is 28.8 Å². The van der Waals surface area contributed by atoms with E-state index in [-0.39, 0.29) is 17.7 Å². The number of carbonyl (C=O) groups excluding carboxylic acids is 2. The Kier molecular flexibility index (Phi) is 4.32. The van der Waals surface area contributed by atoms with Gasteiger partial charge in [0.05, 0.1) is 12.6 Å². The maximum atomic E-state index is 12.2. The molecule has 0 aromatic heterocycles. The van der Waals surface area contributed by atoms with E-state index in [1.807, 2.05) is 36.1 Å². The first-order valence-corrected chi connectivity index (χ1v) is 6.67. The number of Topliss-reactive ketones (excluding diaryl/α,β-unsaturated/α-hetero) is 1. The van der Waals surface area contributed by atoms with E-state index in [1.165, 1.54) is 0 Å². The summed E-state index contributed by atoms with van der Waals surface area (Å²) in [7, 11) is 1.64. The molecule has 1 heterocycles. The first-order valence-electron chi connectivity index (χ1n) is 6.67. The summed E-state index contributed by atoms with van der Waals surface area (Å²) in [6.45, 7) is 3.11. The predicted octanol–water partition coefficient (Wildman–Crippen LogP) is 1.39. The number of rotatable bonds is 4. The number of amides is 1. The van der Waals surface area contributed by atoms with E-state index in [1.54, 1.807) is 7.05 Å². The highest BCUT2D eigenvalue weighted by atomic mass is 16.2. The zero-order valence-corrected chi connectivity index (χ0v) is 11.5. The molecule has 102 valence electrons. The molecule has 1 aromatic rings. The molecule has 0 radical (unpaired) electrons. The molecule has 19 heavy (non-hydrogen) atoms. The smallest absolute Gasteiger partial charge is 0.237 e. The minimum absolute atomic E-state index is 0.00884. The average molecular weight is 260 g/mol. The summed E-state index contributed by atoms with van der Waals surface area (Å²) in [6, 6.07) is 7.44. The number of likely N-dealkylation sites (tertiary alicyclic amines) is 1. The van der Waals surface area contributed by atoms with Crippen molar-refractivity contribution in [3.8, 4) is 0 Å². The number of aryl methyl sites for hydroxylation is 1. The molecule has 2 rings (SSSR count). The summed E-state index contributed by atoms with van der Waals surface area (Å²) in [6.07, 6.45) is 1.81. The molecule has 4 nitrogen and oxygen atoms in total. The monoisotopic (exact) mass is 260 g/mol. The lowest BCUT2D eigenvalue weighted by Gasteiger charge is -2.22. The Morgan fingerprint density at radius 3 is 2.89 bits per heavy atom. The minimum atomic E-state index is -0.154. The van der Waals surface area contributed by atoms with Crippen molar-refractivity contribution in [1.29, 1.82) is 0 Å². The quantitative estimate of drug-likeness (QED) is 0.832. The van der Waals surface area contributed by atoms with Crippen molar-refractivity contribution in [2.24, 2.45) is 0 Å². The second-order valence-electron chi connectivity index (χ2n) is 5.04. The van der Waals surface area contributed by atoms with Gasteiger partial charge in [-0.05, 0) is 32.4 Å². The average Bonchev–Trinajstić information content (AvgIpc) is 2.86. The van der Waals surface area contributed by atoms with Gasteiger partial charge in [0.15, 0.2) is 5.78 Å². The van der Waals surface area contributed by atoms with Crippen LogP contribution in [0.2, 0.25) is 0 Å². The highest BCUT2D eigenvalue weighted by Crippen LogP contribution is 2.18. The highest BCUT2D eigenvalue weighted by Gasteiger charge is 2.31. The van der Waals surface area contributed by atoms with Crippen LogP contribution in [0, 0.1) is 6.92 Å². The number of hydrogen-bond acceptors (Lipinski definition) is 3. The SMILES string of the molecule is CNC(=O)C1CCCN1CC(=O)c1cccc(C)c1. The molecule has 1 amide bonds. The molecule has 4 heteroatoms. The van der Waals surface area contributed by atoms with Crippen molar-refractivity contribution in [1.82, 2.24) is 10.2 Å². The second kappa shape index (κ2) is 5.97. The van der Waals surface area contributed by atoms with Crippen molar-refractivity contribution >= 4 is 11.7 Å². The third-order valence-corrected chi connectivity index (χ3v) is 3.60. The van der Waals surface area contributed by atoms with Gasteiger partial charge in [0.25, 0.3) is 0 Å². The predicted molar refractivity (Wildman–Crippen MR) is 74.2 cm³/mol. The number of hydrogen-bond donors (Lipinski definition) is 1. The number of nitrogens with zero attached hydrogens (tertiary/aromatic N) is 1. The lowest BCUT2D eigenvalue weighted by Crippen LogP contribution is -2.44. The van der Waals surface area contributed by atoms with Gasteiger partial charge in [0.2, 0.25) is 5.91 Å². The van der Waals surface area contributed by atoms with E-state index in [0.29, 0.717) is 6.54 Å². The van der Waals surface area contributed by atoms with E-state index in [9.17, 15) is 9.59 Å². The van der Waals surface area contributed by atoms with Gasteiger partial charge in [-0.2, -0.15) is 0 Å². The Morgan fingerprint density at radius 2 is 2.21 bits per heavy atom. The summed E-state index contributed by atoms with van der Waals surface area (Å²) < 4.78 is 0. The number of nitrogens with one attached hydrogen (secondary N) is 1. The van der Waals surface area contributed by atoms with Crippen molar-refractivity contribution in [3.05, 3.63) is 35.4 Å². The number of ketones is 1. The van der Waals surface area contributed by atoms with Crippen LogP contribution in [0.5, 0.6) is 0 Å². The van der Waals surface area contributed by atoms with Gasteiger partial charge in [0, 0.05) is 12.6 Å². The van der Waals surface area contributed by atoms with E-state index >= 15 is 0 Å². The van der Waals surface area contributed by atoms with Crippen LogP contribution in [0.25, 0.3) is 0 Å². The molecule has 0 aliphatic carbocycles. The van der Waals surface area contributed by atoms with Crippen molar-refractivity contribution in [2.75, 3.05) is 20.1 Å². The molecule has 1 atom stereocenters. The minimum Gasteiger partial charge on any atom is -0.358 e. The second-order valence-corrected chi connectivity index (χ2v) is 5.04. The number of likely N-dealkylation sites (N-methyl/N-ethyl adjacent to an activating group) is 1. The van der Waals surface area contributed by atoms with Gasteiger partial charge in [-0.25, -0.2) is 0 Å². The van der Waals surface area contributed by atoms with Crippen LogP contribution < -0.4 is 5.32 Å². The van der Waals surface area contributed by atoms with E-state index in [2.05, 4.69) is 5.32 Å². The first-order chi connectivity index (χ1) is 9.11. The fourth-order valence-corrected chi connectivity index (χ4v) is 2.57. The van der Waals surface area contributed by atoms with Crippen LogP contribution in [0.4, 0.5) is 0 Å². The molecule has 1 fully saturated rings. The molecule has 0 bridgehead atoms. The van der Waals surface area contributed by atoms with Crippen LogP contribution >= 0.6 is 0 Å². The lowest BCUT2D eigenvalue weighted by atomic mass is 10.1. The Hall–Kier alpha value is -1.68. The Balaban J connectivity index is 2.04. The largest absolute Gasteiger partial charge is 0.358 e. The van der Waals surface area contributed by atoms with E-state index in [0.717, 1.165) is 30.5 Å². The third-order valence-electron chi connectivity index (χ3n) is 3.60. The molecule has 1 aliphatic heterocycles. The van der Waals surface area contributed by atoms with Crippen molar-refractivity contribution in [2.45, 2.75) is 25.8 Å². The summed E-state index contributed by atoms with van der Waals surface area (Å²) >= 11 is 0. The van der Waals surface area contributed by atoms with Crippen molar-refractivity contribution < 1.29 is 9.59 Å². The van der Waals surface area contributed by atoms with Gasteiger partial charge < -0.3 is 5.32 Å². The van der Waals surface area contributed by atoms with Gasteiger partial charge in [-0.1, -0.05) is 23.8 Å². The normalized spacial score (nSPS) is 19.4. The molecular formula is C15H20N2O2. The summed E-state index contributed by atoms with van der Waals surface area (Å²) in [4.78, 5) is 25.9. The maximum Gasteiger partial charge on any atom is 0.237 e. The zero-order chi connectivity index (χ0) is 13.8. The van der Waals surface area contributed by atoms with E-state index < -0.39 is 0 Å². The molecule has 1 unspecified atom stereocenters. The van der Waals surface area contributed by atoms with Crippen LogP contribution in [0.15, 0.2) is 24.3 Å². The first kappa shape index (κ1) is 13.7. The summed E-state index contributed by atoms with van der Waals surface area (Å²) in [5.41, 5.74) is 1.80. The Bertz CT molecular complexity index is 485. The molecule has 0 spiro atoms. The lowest BCUT2D eigenvalue weighted by molar-refractivity contribution is -0.124.